The van der Waals surface area contributed by atoms with Gasteiger partial charge in [0, 0.05) is 119 Å². The second-order valence-electron chi connectivity index (χ2n) is 19.7. The number of anilines is 6. The molecule has 5 aromatic rings. The number of amides is 2. The average Bonchev–Trinajstić information content (AvgIpc) is 3.34. The predicted molar refractivity (Wildman–Crippen MR) is 279 cm³/mol. The van der Waals surface area contributed by atoms with Crippen molar-refractivity contribution in [1.29, 1.82) is 0 Å². The van der Waals surface area contributed by atoms with Crippen LogP contribution in [-0.4, -0.2) is 126 Å². The number of benzene rings is 3. The van der Waals surface area contributed by atoms with Gasteiger partial charge in [-0.05, 0) is 110 Å². The normalized spacial score (nSPS) is 19.1. The first kappa shape index (κ1) is 50.5. The zero-order valence-corrected chi connectivity index (χ0v) is 43.6. The van der Waals surface area contributed by atoms with Crippen molar-refractivity contribution in [3.05, 3.63) is 86.5 Å². The Kier molecular flexibility index (Phi) is 15.1. The van der Waals surface area contributed by atoms with E-state index in [2.05, 4.69) is 80.5 Å². The van der Waals surface area contributed by atoms with Crippen LogP contribution >= 0.6 is 23.1 Å². The number of methoxy groups -OCH3 is 1. The van der Waals surface area contributed by atoms with Crippen molar-refractivity contribution in [2.45, 2.75) is 82.7 Å². The number of aromatic nitrogens is 4. The molecule has 0 saturated carbocycles. The second kappa shape index (κ2) is 21.3. The number of hydrogen-bond acceptors (Lipinski definition) is 14. The lowest BCUT2D eigenvalue weighted by molar-refractivity contribution is -0.133. The summed E-state index contributed by atoms with van der Waals surface area (Å²) in [7, 11) is 0.366. The number of ether oxygens (including phenoxy) is 1. The van der Waals surface area contributed by atoms with E-state index in [0.717, 1.165) is 109 Å². The molecule has 71 heavy (non-hydrogen) atoms. The van der Waals surface area contributed by atoms with Gasteiger partial charge in [-0.25, -0.2) is 18.7 Å². The van der Waals surface area contributed by atoms with Gasteiger partial charge >= 0.3 is 0 Å². The van der Waals surface area contributed by atoms with Crippen LogP contribution in [0, 0.1) is 11.6 Å². The van der Waals surface area contributed by atoms with Gasteiger partial charge in [-0.1, -0.05) is 6.92 Å². The van der Waals surface area contributed by atoms with E-state index in [-0.39, 0.29) is 30.0 Å². The van der Waals surface area contributed by atoms with Gasteiger partial charge in [-0.15, -0.1) is 0 Å². The van der Waals surface area contributed by atoms with E-state index in [1.807, 2.05) is 0 Å². The van der Waals surface area contributed by atoms with Gasteiger partial charge in [0.05, 0.1) is 45.5 Å². The van der Waals surface area contributed by atoms with E-state index >= 15 is 8.78 Å². The van der Waals surface area contributed by atoms with Gasteiger partial charge in [-0.2, -0.15) is 4.98 Å². The predicted octanol–water partition coefficient (Wildman–Crippen LogP) is 7.63. The first-order valence-electron chi connectivity index (χ1n) is 24.7. The number of imide groups is 1. The molecule has 378 valence electrons. The average molecular weight is 1060 g/mol. The summed E-state index contributed by atoms with van der Waals surface area (Å²) in [6, 6.07) is 11.1. The van der Waals surface area contributed by atoms with Crippen molar-refractivity contribution in [3.63, 3.8) is 0 Å². The number of piperidine rings is 3. The van der Waals surface area contributed by atoms with E-state index in [0.29, 0.717) is 55.6 Å². The maximum absolute atomic E-state index is 15.5. The van der Waals surface area contributed by atoms with Crippen LogP contribution < -0.4 is 41.4 Å². The molecule has 4 aliphatic heterocycles. The van der Waals surface area contributed by atoms with E-state index in [1.165, 1.54) is 28.6 Å². The maximum Gasteiger partial charge on any atom is 0.260 e. The number of nitrogens with one attached hydrogen (secondary N) is 3. The SMILES string of the molecule is CCc1cc(Nc2ncc(Br)c(Nc3ccc4c(=O)n(C)cnc4c3P(C)(C)=O)n2)c(OC)cc1N1CCC(N2CCN(CCC3CCCCN3c3cc(F)c(C4CC(=O)NC(=O)C4)c(F)c3)CC2)CC1. The molecule has 1 unspecified atom stereocenters. The highest BCUT2D eigenvalue weighted by molar-refractivity contribution is 9.10. The minimum Gasteiger partial charge on any atom is -0.494 e. The Morgan fingerprint density at radius 2 is 1.61 bits per heavy atom. The lowest BCUT2D eigenvalue weighted by atomic mass is 9.88. The monoisotopic (exact) mass is 1060 g/mol. The Bertz CT molecular complexity index is 2900. The Morgan fingerprint density at radius 3 is 2.28 bits per heavy atom. The van der Waals surface area contributed by atoms with Crippen LogP contribution in [0.2, 0.25) is 0 Å². The van der Waals surface area contributed by atoms with Crippen molar-refractivity contribution < 1.29 is 27.7 Å². The highest BCUT2D eigenvalue weighted by Crippen LogP contribution is 2.42. The third-order valence-electron chi connectivity index (χ3n) is 14.7. The van der Waals surface area contributed by atoms with Crippen LogP contribution in [0.1, 0.15) is 75.3 Å². The minimum absolute atomic E-state index is 0.109. The van der Waals surface area contributed by atoms with Gasteiger partial charge in [0.1, 0.15) is 30.3 Å². The number of fused-ring (bicyclic) bond motifs is 1. The highest BCUT2D eigenvalue weighted by Gasteiger charge is 2.34. The topological polar surface area (TPSA) is 170 Å². The molecule has 4 aliphatic rings. The summed E-state index contributed by atoms with van der Waals surface area (Å²) in [5, 5.41) is 9.79. The molecule has 0 radical (unpaired) electrons. The summed E-state index contributed by atoms with van der Waals surface area (Å²) in [6.45, 7) is 12.9. The zero-order chi connectivity index (χ0) is 50.1. The van der Waals surface area contributed by atoms with Crippen molar-refractivity contribution in [2.75, 3.05) is 93.2 Å². The minimum atomic E-state index is -2.93. The first-order valence-corrected chi connectivity index (χ1v) is 28.1. The number of halogens is 3. The van der Waals surface area contributed by atoms with E-state index in [1.54, 1.807) is 45.8 Å². The fourth-order valence-corrected chi connectivity index (χ4v) is 12.7. The fraction of sp³-hybridized carbons (Fsp3) is 0.490. The van der Waals surface area contributed by atoms with Gasteiger partial charge in [0.2, 0.25) is 17.8 Å². The van der Waals surface area contributed by atoms with E-state index in [9.17, 15) is 18.9 Å². The second-order valence-corrected chi connectivity index (χ2v) is 23.7. The molecule has 20 heteroatoms. The molecule has 0 spiro atoms. The third-order valence-corrected chi connectivity index (χ3v) is 16.8. The number of nitrogens with zero attached hydrogens (tertiary/aromatic N) is 8. The fourth-order valence-electron chi connectivity index (χ4n) is 11.0. The van der Waals surface area contributed by atoms with E-state index in [4.69, 9.17) is 9.72 Å². The Balaban J connectivity index is 0.797. The Hall–Kier alpha value is -5.49. The maximum atomic E-state index is 15.5. The van der Waals surface area contributed by atoms with Crippen molar-refractivity contribution in [2.24, 2.45) is 7.05 Å². The van der Waals surface area contributed by atoms with Crippen molar-refractivity contribution in [3.8, 4) is 5.75 Å². The molecule has 9 rings (SSSR count). The molecule has 3 N–H and O–H groups in total. The molecule has 1 atom stereocenters. The number of carbonyl (C=O) groups is 2. The third kappa shape index (κ3) is 11.0. The quantitative estimate of drug-likeness (QED) is 0.0733. The zero-order valence-electron chi connectivity index (χ0n) is 41.1. The number of rotatable bonds is 14. The molecular weight excluding hydrogens is 996 g/mol. The molecule has 0 bridgehead atoms. The van der Waals surface area contributed by atoms with Gasteiger partial charge in [0.15, 0.2) is 0 Å². The molecule has 2 aromatic heterocycles. The van der Waals surface area contributed by atoms with Crippen LogP contribution in [0.3, 0.4) is 0 Å². The van der Waals surface area contributed by atoms with Gasteiger partial charge in [-0.3, -0.25) is 24.6 Å². The number of aryl methyl sites for hydroxylation is 2. The summed E-state index contributed by atoms with van der Waals surface area (Å²) in [5.41, 5.74) is 4.13. The molecular formula is C51H63BrF2N11O5P. The van der Waals surface area contributed by atoms with Crippen LogP contribution in [0.4, 0.5) is 43.3 Å². The largest absolute Gasteiger partial charge is 0.494 e. The van der Waals surface area contributed by atoms with Crippen LogP contribution in [0.5, 0.6) is 5.75 Å². The number of carbonyl (C=O) groups excluding carboxylic acids is 2. The lowest BCUT2D eigenvalue weighted by Crippen LogP contribution is -2.54. The van der Waals surface area contributed by atoms with Crippen LogP contribution in [0.25, 0.3) is 10.9 Å². The molecule has 6 heterocycles. The smallest absolute Gasteiger partial charge is 0.260 e. The van der Waals surface area contributed by atoms with Crippen molar-refractivity contribution >= 4 is 85.6 Å². The first-order chi connectivity index (χ1) is 34.1. The summed E-state index contributed by atoms with van der Waals surface area (Å²) in [5.74, 6) is -1.76. The Labute approximate surface area is 421 Å². The van der Waals surface area contributed by atoms with Crippen LogP contribution in [-0.2, 0) is 27.6 Å². The van der Waals surface area contributed by atoms with Gasteiger partial charge < -0.3 is 39.2 Å². The summed E-state index contributed by atoms with van der Waals surface area (Å²) >= 11 is 3.58. The highest BCUT2D eigenvalue weighted by atomic mass is 79.9. The molecule has 2 amide bonds. The number of piperazine rings is 1. The molecule has 4 fully saturated rings. The standard InChI is InChI=1S/C51H63BrF2N11O5P/c1-6-31-23-41(58-51-55-29-37(52)49(60-51)57-40-11-10-36-47(48(40)71(4,5)69)56-30-61(2)50(36)68)43(70-3)28-42(31)64-17-13-33(14-18-64)63-21-19-62(20-22-63)16-12-34-9-7-8-15-65(34)35-26-38(53)46(39(54)27-35)32-24-44(66)59-45(67)25-32/h10-11,23,26-30,32-34H,6-9,12-22,24-25H2,1-5H3,(H,59,66,67)(H2,55,57,58,60). The lowest BCUT2D eigenvalue weighted by Gasteiger charge is -2.44. The van der Waals surface area contributed by atoms with E-state index < -0.39 is 36.5 Å². The van der Waals surface area contributed by atoms with Gasteiger partial charge in [0.25, 0.3) is 5.56 Å². The molecule has 3 aromatic carbocycles. The summed E-state index contributed by atoms with van der Waals surface area (Å²) < 4.78 is 52.7. The Morgan fingerprint density at radius 1 is 0.887 bits per heavy atom. The summed E-state index contributed by atoms with van der Waals surface area (Å²) in [6.07, 6.45) is 9.69. The molecule has 16 nitrogen and oxygen atoms in total. The molecule has 4 saturated heterocycles. The number of hydrogen-bond donors (Lipinski definition) is 3. The molecule has 0 aliphatic carbocycles. The van der Waals surface area contributed by atoms with Crippen LogP contribution in [0.15, 0.2) is 58.2 Å². The van der Waals surface area contributed by atoms with Crippen molar-refractivity contribution in [1.82, 2.24) is 34.6 Å². The summed E-state index contributed by atoms with van der Waals surface area (Å²) in [4.78, 5) is 60.5.